The minimum Gasteiger partial charge on any atom is -0.480 e. The highest BCUT2D eigenvalue weighted by molar-refractivity contribution is 6.42. The number of hydrogen-bond acceptors (Lipinski definition) is 3. The third-order valence-corrected chi connectivity index (χ3v) is 6.15. The molecule has 2 N–H and O–H groups in total. The lowest BCUT2D eigenvalue weighted by Gasteiger charge is -2.27. The Morgan fingerprint density at radius 2 is 1.35 bits per heavy atom. The number of carbonyl (C=O) groups excluding carboxylic acids is 2. The molecule has 0 saturated carbocycles. The van der Waals surface area contributed by atoms with Crippen LogP contribution in [0.2, 0.25) is 10.0 Å². The predicted molar refractivity (Wildman–Crippen MR) is 135 cm³/mol. The Labute approximate surface area is 208 Å². The maximum Gasteiger partial charge on any atom is 0.326 e. The van der Waals surface area contributed by atoms with Crippen LogP contribution in [0.3, 0.4) is 0 Å². The number of anilines is 1. The van der Waals surface area contributed by atoms with Gasteiger partial charge in [-0.15, -0.1) is 0 Å². The average Bonchev–Trinajstić information content (AvgIpc) is 2.80. The topological polar surface area (TPSA) is 86.7 Å². The fourth-order valence-corrected chi connectivity index (χ4v) is 3.92. The van der Waals surface area contributed by atoms with Crippen molar-refractivity contribution in [2.45, 2.75) is 19.9 Å². The second-order valence-corrected chi connectivity index (χ2v) is 9.00. The van der Waals surface area contributed by atoms with E-state index in [9.17, 15) is 19.5 Å². The van der Waals surface area contributed by atoms with E-state index in [0.717, 1.165) is 11.1 Å². The van der Waals surface area contributed by atoms with E-state index in [2.05, 4.69) is 5.32 Å². The van der Waals surface area contributed by atoms with E-state index in [1.54, 1.807) is 62.4 Å². The van der Waals surface area contributed by atoms with E-state index < -0.39 is 12.0 Å². The van der Waals surface area contributed by atoms with Crippen molar-refractivity contribution in [3.05, 3.63) is 87.9 Å². The second-order valence-electron chi connectivity index (χ2n) is 8.18. The van der Waals surface area contributed by atoms with Crippen LogP contribution >= 0.6 is 23.2 Å². The highest BCUT2D eigenvalue weighted by Crippen LogP contribution is 2.25. The number of rotatable bonds is 7. The van der Waals surface area contributed by atoms with Crippen LogP contribution in [0.25, 0.3) is 11.1 Å². The van der Waals surface area contributed by atoms with Crippen molar-refractivity contribution in [3.63, 3.8) is 0 Å². The summed E-state index contributed by atoms with van der Waals surface area (Å²) in [4.78, 5) is 38.0. The van der Waals surface area contributed by atoms with E-state index in [1.807, 2.05) is 12.1 Å². The summed E-state index contributed by atoms with van der Waals surface area (Å²) >= 11 is 11.9. The van der Waals surface area contributed by atoms with Gasteiger partial charge in [-0.2, -0.15) is 0 Å². The highest BCUT2D eigenvalue weighted by atomic mass is 35.5. The van der Waals surface area contributed by atoms with Gasteiger partial charge in [0.2, 0.25) is 0 Å². The van der Waals surface area contributed by atoms with Crippen molar-refractivity contribution < 1.29 is 19.5 Å². The van der Waals surface area contributed by atoms with Gasteiger partial charge < -0.3 is 15.3 Å². The Morgan fingerprint density at radius 3 is 1.85 bits per heavy atom. The summed E-state index contributed by atoms with van der Waals surface area (Å²) in [7, 11) is 1.50. The molecule has 34 heavy (non-hydrogen) atoms. The lowest BCUT2D eigenvalue weighted by Crippen LogP contribution is -2.45. The summed E-state index contributed by atoms with van der Waals surface area (Å²) in [6.45, 7) is 3.53. The van der Waals surface area contributed by atoms with Gasteiger partial charge in [0.1, 0.15) is 6.04 Å². The molecule has 0 aliphatic carbocycles. The molecule has 0 heterocycles. The number of carbonyl (C=O) groups is 3. The lowest BCUT2D eigenvalue weighted by atomic mass is 10.0. The third-order valence-electron chi connectivity index (χ3n) is 5.41. The summed E-state index contributed by atoms with van der Waals surface area (Å²) in [5, 5.41) is 12.9. The van der Waals surface area contributed by atoms with Gasteiger partial charge >= 0.3 is 5.97 Å². The maximum absolute atomic E-state index is 12.8. The van der Waals surface area contributed by atoms with Crippen LogP contribution in [0.5, 0.6) is 0 Å². The molecule has 0 radical (unpaired) electrons. The third kappa shape index (κ3) is 5.76. The predicted octanol–water partition coefficient (Wildman–Crippen LogP) is 6.09. The number of halogens is 2. The largest absolute Gasteiger partial charge is 0.480 e. The zero-order chi connectivity index (χ0) is 25.0. The number of nitrogens with one attached hydrogen (secondary N) is 1. The minimum atomic E-state index is -1.03. The molecule has 0 aliphatic heterocycles. The van der Waals surface area contributed by atoms with Crippen LogP contribution in [-0.4, -0.2) is 40.9 Å². The van der Waals surface area contributed by atoms with Crippen molar-refractivity contribution in [2.24, 2.45) is 5.92 Å². The van der Waals surface area contributed by atoms with E-state index >= 15 is 0 Å². The molecule has 8 heteroatoms. The molecule has 3 rings (SSSR count). The van der Waals surface area contributed by atoms with Gasteiger partial charge in [-0.3, -0.25) is 9.59 Å². The zero-order valence-corrected chi connectivity index (χ0v) is 20.4. The van der Waals surface area contributed by atoms with Gasteiger partial charge in [0.15, 0.2) is 0 Å². The minimum absolute atomic E-state index is 0.221. The first kappa shape index (κ1) is 25.3. The van der Waals surface area contributed by atoms with Crippen LogP contribution in [0.1, 0.15) is 34.6 Å². The summed E-state index contributed by atoms with van der Waals surface area (Å²) in [5.41, 5.74) is 3.18. The molecule has 0 spiro atoms. The number of likely N-dealkylation sites (N-methyl/N-ethyl adjacent to an activating group) is 1. The molecule has 0 aliphatic rings. The standard InChI is InChI=1S/C26H24Cl2N2O4/c1-15(2)23(26(33)34)30(3)25(32)18-6-4-16(5-7-18)17-8-11-20(12-9-17)29-24(31)19-10-13-21(27)22(28)14-19/h4-15,23H,1-3H3,(H,29,31)(H,33,34)/t23-/m0/s1. The highest BCUT2D eigenvalue weighted by Gasteiger charge is 2.30. The van der Waals surface area contributed by atoms with Crippen LogP contribution in [0.15, 0.2) is 66.7 Å². The molecular weight excluding hydrogens is 475 g/mol. The Morgan fingerprint density at radius 1 is 0.824 bits per heavy atom. The monoisotopic (exact) mass is 498 g/mol. The molecule has 0 aromatic heterocycles. The Bertz CT molecular complexity index is 1210. The van der Waals surface area contributed by atoms with Crippen molar-refractivity contribution in [1.29, 1.82) is 0 Å². The number of carboxylic acids is 1. The number of benzene rings is 3. The molecular formula is C26H24Cl2N2O4. The number of amides is 2. The fraction of sp³-hybridized carbons (Fsp3) is 0.192. The molecule has 0 saturated heterocycles. The lowest BCUT2D eigenvalue weighted by molar-refractivity contribution is -0.143. The van der Waals surface area contributed by atoms with E-state index in [-0.39, 0.29) is 17.7 Å². The van der Waals surface area contributed by atoms with Crippen LogP contribution in [0.4, 0.5) is 5.69 Å². The summed E-state index contributed by atoms with van der Waals surface area (Å²) in [5.74, 6) is -1.91. The van der Waals surface area contributed by atoms with Crippen molar-refractivity contribution in [1.82, 2.24) is 4.90 Å². The molecule has 3 aromatic rings. The molecule has 3 aromatic carbocycles. The molecule has 0 unspecified atom stereocenters. The van der Waals surface area contributed by atoms with Crippen molar-refractivity contribution >= 4 is 46.7 Å². The molecule has 0 bridgehead atoms. The average molecular weight is 499 g/mol. The van der Waals surface area contributed by atoms with Gasteiger partial charge in [0.05, 0.1) is 10.0 Å². The Balaban J connectivity index is 1.70. The number of hydrogen-bond donors (Lipinski definition) is 2. The van der Waals surface area contributed by atoms with Crippen LogP contribution in [0, 0.1) is 5.92 Å². The first-order valence-electron chi connectivity index (χ1n) is 10.6. The smallest absolute Gasteiger partial charge is 0.326 e. The van der Waals surface area contributed by atoms with Gasteiger partial charge in [0.25, 0.3) is 11.8 Å². The van der Waals surface area contributed by atoms with Crippen LogP contribution < -0.4 is 5.32 Å². The van der Waals surface area contributed by atoms with Crippen molar-refractivity contribution in [3.8, 4) is 11.1 Å². The van der Waals surface area contributed by atoms with Gasteiger partial charge in [0, 0.05) is 23.9 Å². The molecule has 6 nitrogen and oxygen atoms in total. The van der Waals surface area contributed by atoms with Gasteiger partial charge in [-0.05, 0) is 59.5 Å². The van der Waals surface area contributed by atoms with E-state index in [0.29, 0.717) is 26.9 Å². The number of aliphatic carboxylic acids is 1. The second kappa shape index (κ2) is 10.7. The molecule has 2 amide bonds. The fourth-order valence-electron chi connectivity index (χ4n) is 3.62. The summed E-state index contributed by atoms with van der Waals surface area (Å²) in [6.07, 6.45) is 0. The first-order chi connectivity index (χ1) is 16.1. The van der Waals surface area contributed by atoms with Crippen molar-refractivity contribution in [2.75, 3.05) is 12.4 Å². The van der Waals surface area contributed by atoms with Gasteiger partial charge in [-0.1, -0.05) is 61.3 Å². The normalized spacial score (nSPS) is 11.7. The SMILES string of the molecule is CC(C)[C@@H](C(=O)O)N(C)C(=O)c1ccc(-c2ccc(NC(=O)c3ccc(Cl)c(Cl)c3)cc2)cc1. The summed E-state index contributed by atoms with van der Waals surface area (Å²) < 4.78 is 0. The maximum atomic E-state index is 12.8. The van der Waals surface area contributed by atoms with Gasteiger partial charge in [-0.25, -0.2) is 4.79 Å². The Kier molecular flexibility index (Phi) is 7.97. The number of nitrogens with zero attached hydrogens (tertiary/aromatic N) is 1. The first-order valence-corrected chi connectivity index (χ1v) is 11.3. The Hall–Kier alpha value is -3.35. The zero-order valence-electron chi connectivity index (χ0n) is 18.9. The molecule has 1 atom stereocenters. The molecule has 176 valence electrons. The quantitative estimate of drug-likeness (QED) is 0.412. The number of carboxylic acid groups (broad SMARTS) is 1. The molecule has 0 fully saturated rings. The van der Waals surface area contributed by atoms with Crippen LogP contribution in [-0.2, 0) is 4.79 Å². The summed E-state index contributed by atoms with van der Waals surface area (Å²) in [6, 6.07) is 18.0. The van der Waals surface area contributed by atoms with E-state index in [4.69, 9.17) is 23.2 Å². The van der Waals surface area contributed by atoms with E-state index in [1.165, 1.54) is 18.0 Å².